The minimum Gasteiger partial charge on any atom is -0.491 e. The summed E-state index contributed by atoms with van der Waals surface area (Å²) in [5.74, 6) is 3.97. The fourth-order valence-corrected chi connectivity index (χ4v) is 3.99. The van der Waals surface area contributed by atoms with E-state index in [1.54, 1.807) is 13.0 Å². The number of hydrazine groups is 1. The molecule has 1 heterocycles. The van der Waals surface area contributed by atoms with Crippen molar-refractivity contribution in [2.45, 2.75) is 33.2 Å². The first-order chi connectivity index (χ1) is 15.9. The van der Waals surface area contributed by atoms with Crippen LogP contribution in [0.15, 0.2) is 36.8 Å². The van der Waals surface area contributed by atoms with Crippen LogP contribution in [-0.4, -0.2) is 50.3 Å². The maximum absolute atomic E-state index is 14.9. The van der Waals surface area contributed by atoms with E-state index in [1.165, 1.54) is 12.4 Å². The molecule has 0 radical (unpaired) electrons. The predicted molar refractivity (Wildman–Crippen MR) is 133 cm³/mol. The molecule has 0 amide bonds. The topological polar surface area (TPSA) is 127 Å². The number of nitrogens with zero attached hydrogens (tertiary/aromatic N) is 3. The number of halogens is 2. The van der Waals surface area contributed by atoms with E-state index >= 15 is 0 Å². The number of likely N-dealkylation sites (N-methyl/N-ethyl adjacent to an activating group) is 1. The molecular weight excluding hydrogens is 466 g/mol. The van der Waals surface area contributed by atoms with Crippen molar-refractivity contribution in [1.82, 2.24) is 9.88 Å². The fourth-order valence-electron chi connectivity index (χ4n) is 2.85. The monoisotopic (exact) mass is 500 g/mol. The zero-order valence-corrected chi connectivity index (χ0v) is 20.6. The molecular formula is C22H34F2N6O3S. The van der Waals surface area contributed by atoms with E-state index in [0.29, 0.717) is 41.9 Å². The van der Waals surface area contributed by atoms with Crippen molar-refractivity contribution in [2.24, 2.45) is 11.6 Å². The molecule has 0 aliphatic rings. The summed E-state index contributed by atoms with van der Waals surface area (Å²) in [5.41, 5.74) is 5.47. The van der Waals surface area contributed by atoms with Crippen molar-refractivity contribution in [3.63, 3.8) is 0 Å². The minimum atomic E-state index is -3.79. The second-order valence-electron chi connectivity index (χ2n) is 8.00. The lowest BCUT2D eigenvalue weighted by Gasteiger charge is -2.21. The Kier molecular flexibility index (Phi) is 9.59. The molecule has 5 N–H and O–H groups in total. The number of anilines is 2. The average molecular weight is 501 g/mol. The first kappa shape index (κ1) is 27.3. The van der Waals surface area contributed by atoms with Crippen LogP contribution in [0, 0.1) is 11.6 Å². The molecule has 34 heavy (non-hydrogen) atoms. The van der Waals surface area contributed by atoms with Crippen LogP contribution in [0.1, 0.15) is 34.2 Å². The van der Waals surface area contributed by atoms with Gasteiger partial charge in [-0.25, -0.2) is 23.0 Å². The third kappa shape index (κ3) is 7.54. The van der Waals surface area contributed by atoms with E-state index in [9.17, 15) is 17.2 Å². The van der Waals surface area contributed by atoms with Crippen LogP contribution < -0.4 is 26.0 Å². The van der Waals surface area contributed by atoms with Gasteiger partial charge in [-0.2, -0.15) is 0 Å². The number of pyridine rings is 1. The van der Waals surface area contributed by atoms with Crippen LogP contribution in [0.5, 0.6) is 5.75 Å². The van der Waals surface area contributed by atoms with Gasteiger partial charge in [-0.05, 0) is 45.5 Å². The molecule has 1 aromatic carbocycles. The Hall–Kier alpha value is -2.96. The lowest BCUT2D eigenvalue weighted by molar-refractivity contribution is 0.208. The molecule has 0 aliphatic carbocycles. The summed E-state index contributed by atoms with van der Waals surface area (Å²) in [7, 11) is -1.80. The van der Waals surface area contributed by atoms with Crippen molar-refractivity contribution in [3.05, 3.63) is 54.0 Å². The summed E-state index contributed by atoms with van der Waals surface area (Å²) in [6.45, 7) is 6.96. The van der Waals surface area contributed by atoms with Crippen molar-refractivity contribution >= 4 is 27.1 Å². The summed E-state index contributed by atoms with van der Waals surface area (Å²) in [6.07, 6.45) is 4.42. The number of hydrogen-bond donors (Lipinski definition) is 3. The molecule has 2 rings (SSSR count). The summed E-state index contributed by atoms with van der Waals surface area (Å²) >= 11 is 0. The van der Waals surface area contributed by atoms with Gasteiger partial charge in [0.15, 0.2) is 11.6 Å². The molecule has 0 fully saturated rings. The summed E-state index contributed by atoms with van der Waals surface area (Å²) in [4.78, 5) is 6.20. The second kappa shape index (κ2) is 12.0. The van der Waals surface area contributed by atoms with Gasteiger partial charge in [0.1, 0.15) is 18.0 Å². The number of nitrogens with two attached hydrogens (primary N) is 2. The number of sulfonamides is 1. The van der Waals surface area contributed by atoms with Crippen molar-refractivity contribution in [1.29, 1.82) is 0 Å². The highest BCUT2D eigenvalue weighted by atomic mass is 32.2. The molecule has 12 heteroatoms. The van der Waals surface area contributed by atoms with E-state index in [-0.39, 0.29) is 12.9 Å². The summed E-state index contributed by atoms with van der Waals surface area (Å²) in [6, 6.07) is 3.91. The Morgan fingerprint density at radius 2 is 2.03 bits per heavy atom. The smallest absolute Gasteiger partial charge is 0.232 e. The predicted octanol–water partition coefficient (Wildman–Crippen LogP) is 3.11. The van der Waals surface area contributed by atoms with E-state index in [0.717, 1.165) is 18.3 Å². The number of ether oxygens (including phenoxy) is 1. The first-order valence-electron chi connectivity index (χ1n) is 10.7. The highest BCUT2D eigenvalue weighted by Gasteiger charge is 2.20. The Balaban J connectivity index is 0.00000612. The maximum atomic E-state index is 14.9. The van der Waals surface area contributed by atoms with E-state index in [4.69, 9.17) is 16.3 Å². The fraction of sp³-hybridized carbons (Fsp3) is 0.409. The first-order valence-corrected chi connectivity index (χ1v) is 12.4. The third-order valence-corrected chi connectivity index (χ3v) is 6.46. The number of rotatable bonds is 12. The molecule has 1 aromatic heterocycles. The number of benzene rings is 1. The zero-order chi connectivity index (χ0) is 25.5. The van der Waals surface area contributed by atoms with Gasteiger partial charge in [0, 0.05) is 32.0 Å². The van der Waals surface area contributed by atoms with Gasteiger partial charge in [0.2, 0.25) is 10.0 Å². The number of nitrogens with one attached hydrogen (secondary N) is 1. The van der Waals surface area contributed by atoms with Gasteiger partial charge in [0.25, 0.3) is 0 Å². The molecule has 0 saturated heterocycles. The molecule has 9 nitrogen and oxygen atoms in total. The van der Waals surface area contributed by atoms with Gasteiger partial charge in [0.05, 0.1) is 23.3 Å². The van der Waals surface area contributed by atoms with Gasteiger partial charge in [-0.15, -0.1) is 0 Å². The SMILES string of the molecule is CCCS(=O)(=O)Nc1ccc(F)c(N(N)/C=C(\N)c2cncc(OCCN(C)C(C)C)c2)c1F.[HH]. The Labute approximate surface area is 200 Å². The highest BCUT2D eigenvalue weighted by Crippen LogP contribution is 2.29. The van der Waals surface area contributed by atoms with Crippen LogP contribution in [0.2, 0.25) is 0 Å². The van der Waals surface area contributed by atoms with Crippen molar-refractivity contribution < 1.29 is 23.4 Å². The Morgan fingerprint density at radius 1 is 1.32 bits per heavy atom. The lowest BCUT2D eigenvalue weighted by Crippen LogP contribution is -2.30. The van der Waals surface area contributed by atoms with Crippen molar-refractivity contribution in [2.75, 3.05) is 35.7 Å². The second-order valence-corrected chi connectivity index (χ2v) is 9.84. The molecule has 0 spiro atoms. The third-order valence-electron chi connectivity index (χ3n) is 4.98. The summed E-state index contributed by atoms with van der Waals surface area (Å²) < 4.78 is 61.1. The van der Waals surface area contributed by atoms with Crippen LogP contribution >= 0.6 is 0 Å². The van der Waals surface area contributed by atoms with E-state index in [2.05, 4.69) is 28.5 Å². The molecule has 0 aliphatic heterocycles. The van der Waals surface area contributed by atoms with Gasteiger partial charge in [-0.3, -0.25) is 14.7 Å². The maximum Gasteiger partial charge on any atom is 0.232 e. The largest absolute Gasteiger partial charge is 0.491 e. The quantitative estimate of drug-likeness (QED) is 0.300. The van der Waals surface area contributed by atoms with Gasteiger partial charge < -0.3 is 15.4 Å². The van der Waals surface area contributed by atoms with E-state index < -0.39 is 33.0 Å². The van der Waals surface area contributed by atoms with Crippen LogP contribution in [0.4, 0.5) is 20.2 Å². The van der Waals surface area contributed by atoms with Gasteiger partial charge in [-0.1, -0.05) is 6.92 Å². The van der Waals surface area contributed by atoms with Gasteiger partial charge >= 0.3 is 0 Å². The van der Waals surface area contributed by atoms with Crippen LogP contribution in [0.25, 0.3) is 5.70 Å². The normalized spacial score (nSPS) is 12.3. The standard InChI is InChI=1S/C22H32F2N6O3S.H2/c1-5-10-34(31,32)28-20-7-6-18(23)22(21(20)24)30(26)14-19(25)16-11-17(13-27-12-16)33-9-8-29(4)15(2)3;/h6-7,11-15,28H,5,8-10,25-26H2,1-4H3;1H/b19-14-;. The summed E-state index contributed by atoms with van der Waals surface area (Å²) in [5, 5.41) is 0.656. The van der Waals surface area contributed by atoms with Crippen LogP contribution in [-0.2, 0) is 10.0 Å². The molecule has 2 aromatic rings. The van der Waals surface area contributed by atoms with Crippen LogP contribution in [0.3, 0.4) is 0 Å². The lowest BCUT2D eigenvalue weighted by atomic mass is 10.2. The molecule has 0 unspecified atom stereocenters. The number of aromatic nitrogens is 1. The highest BCUT2D eigenvalue weighted by molar-refractivity contribution is 7.92. The Morgan fingerprint density at radius 3 is 2.68 bits per heavy atom. The minimum absolute atomic E-state index is 0. The Bertz CT molecular complexity index is 1120. The molecule has 0 bridgehead atoms. The zero-order valence-electron chi connectivity index (χ0n) is 19.8. The average Bonchev–Trinajstić information content (AvgIpc) is 2.75. The number of hydrogen-bond acceptors (Lipinski definition) is 8. The van der Waals surface area contributed by atoms with E-state index in [1.807, 2.05) is 7.05 Å². The van der Waals surface area contributed by atoms with Crippen molar-refractivity contribution in [3.8, 4) is 5.75 Å². The molecule has 0 saturated carbocycles. The molecule has 190 valence electrons. The molecule has 0 atom stereocenters.